The highest BCUT2D eigenvalue weighted by molar-refractivity contribution is 7.80. The van der Waals surface area contributed by atoms with Crippen molar-refractivity contribution in [2.45, 2.75) is 13.8 Å². The lowest BCUT2D eigenvalue weighted by molar-refractivity contribution is 0.483. The van der Waals surface area contributed by atoms with Crippen LogP contribution in [0.5, 0.6) is 11.5 Å². The van der Waals surface area contributed by atoms with E-state index in [-0.39, 0.29) is 0 Å². The molecular weight excluding hydrogens is 328 g/mol. The summed E-state index contributed by atoms with van der Waals surface area (Å²) in [6.07, 6.45) is 0. The largest absolute Gasteiger partial charge is 0.457 e. The Kier molecular flexibility index (Phi) is 5.31. The fourth-order valence-corrected chi connectivity index (χ4v) is 2.70. The van der Waals surface area contributed by atoms with Crippen LogP contribution < -0.4 is 15.4 Å². The Labute approximate surface area is 153 Å². The van der Waals surface area contributed by atoms with Crippen molar-refractivity contribution < 1.29 is 4.74 Å². The third-order valence-corrected chi connectivity index (χ3v) is 3.93. The third-order valence-electron chi connectivity index (χ3n) is 3.72. The summed E-state index contributed by atoms with van der Waals surface area (Å²) < 4.78 is 5.78. The zero-order chi connectivity index (χ0) is 17.6. The highest BCUT2D eigenvalue weighted by atomic mass is 32.1. The van der Waals surface area contributed by atoms with Gasteiger partial charge in [0.05, 0.1) is 0 Å². The summed E-state index contributed by atoms with van der Waals surface area (Å²) in [6.45, 7) is 4.14. The molecule has 0 unspecified atom stereocenters. The molecule has 3 nitrogen and oxygen atoms in total. The van der Waals surface area contributed by atoms with Crippen molar-refractivity contribution in [3.05, 3.63) is 83.9 Å². The minimum atomic E-state index is 0.559. The van der Waals surface area contributed by atoms with E-state index in [2.05, 4.69) is 36.6 Å². The predicted octanol–water partition coefficient (Wildman–Crippen LogP) is 5.90. The average molecular weight is 348 g/mol. The lowest BCUT2D eigenvalue weighted by atomic mass is 10.1. The Balaban J connectivity index is 1.60. The molecule has 0 amide bonds. The minimum Gasteiger partial charge on any atom is -0.457 e. The minimum absolute atomic E-state index is 0.559. The van der Waals surface area contributed by atoms with Crippen LogP contribution in [0.4, 0.5) is 11.4 Å². The molecule has 0 aliphatic rings. The molecule has 4 heteroatoms. The number of nitrogens with one attached hydrogen (secondary N) is 2. The average Bonchev–Trinajstić information content (AvgIpc) is 2.60. The highest BCUT2D eigenvalue weighted by Crippen LogP contribution is 2.23. The summed E-state index contributed by atoms with van der Waals surface area (Å²) in [4.78, 5) is 0. The first kappa shape index (κ1) is 17.0. The molecule has 0 fully saturated rings. The summed E-state index contributed by atoms with van der Waals surface area (Å²) in [6, 6.07) is 23.6. The molecule has 0 radical (unpaired) electrons. The molecule has 3 aromatic carbocycles. The van der Waals surface area contributed by atoms with E-state index in [1.165, 1.54) is 5.56 Å². The fourth-order valence-electron chi connectivity index (χ4n) is 2.47. The molecule has 0 bridgehead atoms. The molecule has 25 heavy (non-hydrogen) atoms. The number of benzene rings is 3. The van der Waals surface area contributed by atoms with Crippen molar-refractivity contribution in [2.24, 2.45) is 0 Å². The van der Waals surface area contributed by atoms with Gasteiger partial charge in [-0.3, -0.25) is 0 Å². The second-order valence-corrected chi connectivity index (χ2v) is 6.25. The van der Waals surface area contributed by atoms with Gasteiger partial charge in [0.25, 0.3) is 0 Å². The molecule has 3 rings (SSSR count). The lowest BCUT2D eigenvalue weighted by Gasteiger charge is -2.13. The SMILES string of the molecule is Cc1ccc(NC(=S)Nc2ccc(Oc3ccccc3)cc2)c(C)c1. The van der Waals surface area contributed by atoms with Crippen LogP contribution in [-0.4, -0.2) is 5.11 Å². The summed E-state index contributed by atoms with van der Waals surface area (Å²) in [7, 11) is 0. The number of anilines is 2. The lowest BCUT2D eigenvalue weighted by Crippen LogP contribution is -2.19. The van der Waals surface area contributed by atoms with E-state index in [0.717, 1.165) is 28.4 Å². The second-order valence-electron chi connectivity index (χ2n) is 5.84. The van der Waals surface area contributed by atoms with Crippen molar-refractivity contribution >= 4 is 28.7 Å². The maximum Gasteiger partial charge on any atom is 0.175 e. The Hall–Kier alpha value is -2.85. The zero-order valence-electron chi connectivity index (χ0n) is 14.2. The number of ether oxygens (including phenoxy) is 1. The monoisotopic (exact) mass is 348 g/mol. The maximum atomic E-state index is 5.78. The van der Waals surface area contributed by atoms with E-state index in [4.69, 9.17) is 17.0 Å². The van der Waals surface area contributed by atoms with Crippen LogP contribution in [0, 0.1) is 13.8 Å². The number of hydrogen-bond donors (Lipinski definition) is 2. The number of hydrogen-bond acceptors (Lipinski definition) is 2. The second kappa shape index (κ2) is 7.81. The van der Waals surface area contributed by atoms with Crippen LogP contribution in [0.3, 0.4) is 0 Å². The quantitative estimate of drug-likeness (QED) is 0.575. The molecule has 0 aromatic heterocycles. The topological polar surface area (TPSA) is 33.3 Å². The standard InChI is InChI=1S/C21H20N2OS/c1-15-8-13-20(16(2)14-15)23-21(25)22-17-9-11-19(12-10-17)24-18-6-4-3-5-7-18/h3-14H,1-2H3,(H2,22,23,25). The van der Waals surface area contributed by atoms with Gasteiger partial charge in [0.1, 0.15) is 11.5 Å². The Bertz CT molecular complexity index is 861. The van der Waals surface area contributed by atoms with E-state index in [0.29, 0.717) is 5.11 Å². The van der Waals surface area contributed by atoms with E-state index in [1.807, 2.05) is 60.7 Å². The van der Waals surface area contributed by atoms with Crippen molar-refractivity contribution in [3.63, 3.8) is 0 Å². The van der Waals surface area contributed by atoms with Gasteiger partial charge in [-0.05, 0) is 74.1 Å². The Morgan fingerprint density at radius 2 is 1.48 bits per heavy atom. The molecule has 0 spiro atoms. The molecule has 0 aliphatic carbocycles. The van der Waals surface area contributed by atoms with Gasteiger partial charge >= 0.3 is 0 Å². The van der Waals surface area contributed by atoms with Crippen LogP contribution in [0.25, 0.3) is 0 Å². The fraction of sp³-hybridized carbons (Fsp3) is 0.0952. The molecule has 0 saturated carbocycles. The highest BCUT2D eigenvalue weighted by Gasteiger charge is 2.03. The first-order chi connectivity index (χ1) is 12.1. The van der Waals surface area contributed by atoms with Gasteiger partial charge in [-0.1, -0.05) is 35.9 Å². The molecule has 0 aliphatic heterocycles. The maximum absolute atomic E-state index is 5.78. The summed E-state index contributed by atoms with van der Waals surface area (Å²) in [5, 5.41) is 6.98. The van der Waals surface area contributed by atoms with Crippen molar-refractivity contribution in [3.8, 4) is 11.5 Å². The van der Waals surface area contributed by atoms with Crippen LogP contribution in [-0.2, 0) is 0 Å². The molecule has 0 heterocycles. The first-order valence-electron chi connectivity index (χ1n) is 8.08. The molecule has 3 aromatic rings. The Morgan fingerprint density at radius 3 is 2.16 bits per heavy atom. The van der Waals surface area contributed by atoms with E-state index < -0.39 is 0 Å². The van der Waals surface area contributed by atoms with Crippen LogP contribution in [0.1, 0.15) is 11.1 Å². The first-order valence-corrected chi connectivity index (χ1v) is 8.49. The Morgan fingerprint density at radius 1 is 0.800 bits per heavy atom. The van der Waals surface area contributed by atoms with Crippen LogP contribution >= 0.6 is 12.2 Å². The summed E-state index contributed by atoms with van der Waals surface area (Å²) in [5.41, 5.74) is 4.31. The van der Waals surface area contributed by atoms with Gasteiger partial charge < -0.3 is 15.4 Å². The van der Waals surface area contributed by atoms with E-state index in [1.54, 1.807) is 0 Å². The number of aryl methyl sites for hydroxylation is 2. The molecule has 0 atom stereocenters. The molecule has 0 saturated heterocycles. The van der Waals surface area contributed by atoms with Gasteiger partial charge in [-0.15, -0.1) is 0 Å². The number of rotatable bonds is 4. The molecular formula is C21H20N2OS. The zero-order valence-corrected chi connectivity index (χ0v) is 15.1. The van der Waals surface area contributed by atoms with Crippen LogP contribution in [0.15, 0.2) is 72.8 Å². The van der Waals surface area contributed by atoms with E-state index in [9.17, 15) is 0 Å². The smallest absolute Gasteiger partial charge is 0.175 e. The van der Waals surface area contributed by atoms with Crippen molar-refractivity contribution in [1.29, 1.82) is 0 Å². The van der Waals surface area contributed by atoms with Crippen molar-refractivity contribution in [1.82, 2.24) is 0 Å². The van der Waals surface area contributed by atoms with Gasteiger partial charge in [0, 0.05) is 11.4 Å². The normalized spacial score (nSPS) is 10.2. The number of para-hydroxylation sites is 1. The van der Waals surface area contributed by atoms with Crippen molar-refractivity contribution in [2.75, 3.05) is 10.6 Å². The summed E-state index contributed by atoms with van der Waals surface area (Å²) in [5.74, 6) is 1.60. The van der Waals surface area contributed by atoms with Gasteiger partial charge in [-0.25, -0.2) is 0 Å². The van der Waals surface area contributed by atoms with E-state index >= 15 is 0 Å². The van der Waals surface area contributed by atoms with Crippen LogP contribution in [0.2, 0.25) is 0 Å². The van der Waals surface area contributed by atoms with Gasteiger partial charge in [-0.2, -0.15) is 0 Å². The van der Waals surface area contributed by atoms with Gasteiger partial charge in [0.15, 0.2) is 5.11 Å². The van der Waals surface area contributed by atoms with Gasteiger partial charge in [0.2, 0.25) is 0 Å². The molecule has 126 valence electrons. The number of thiocarbonyl (C=S) groups is 1. The molecule has 2 N–H and O–H groups in total. The third kappa shape index (κ3) is 4.81. The predicted molar refractivity (Wildman–Crippen MR) is 109 cm³/mol. The summed E-state index contributed by atoms with van der Waals surface area (Å²) >= 11 is 5.39.